The molecule has 1 atom stereocenters. The molecule has 0 aliphatic rings. The van der Waals surface area contributed by atoms with Crippen LogP contribution in [0.3, 0.4) is 0 Å². The third-order valence-corrected chi connectivity index (χ3v) is 5.59. The van der Waals surface area contributed by atoms with Crippen LogP contribution < -0.4 is 16.0 Å². The third kappa shape index (κ3) is 5.62. The van der Waals surface area contributed by atoms with Crippen LogP contribution in [0, 0.1) is 5.92 Å². The van der Waals surface area contributed by atoms with E-state index in [1.807, 2.05) is 13.8 Å². The van der Waals surface area contributed by atoms with Crippen molar-refractivity contribution in [2.75, 3.05) is 5.32 Å². The minimum Gasteiger partial charge on any atom is -0.448 e. The Kier molecular flexibility index (Phi) is 6.94. The topological polar surface area (TPSA) is 150 Å². The molecule has 3 rings (SSSR count). The van der Waals surface area contributed by atoms with Crippen molar-refractivity contribution in [3.8, 4) is 0 Å². The number of benzene rings is 2. The largest absolute Gasteiger partial charge is 0.448 e. The maximum absolute atomic E-state index is 12.9. The predicted octanol–water partition coefficient (Wildman–Crippen LogP) is 1.88. The standard InChI is InChI=1S/C22H24N4O6S/c1-13(2)12-26-21(28)18-10-5-4-9-17(18)19(25-26)22(29)32-14(3)20(27)24-15-7-6-8-16(11-15)33(23,30)31/h4-11,13-14H,12H2,1-3H3,(H,24,27)(H2,23,30,31). The van der Waals surface area contributed by atoms with Crippen LogP contribution in [0.25, 0.3) is 10.8 Å². The summed E-state index contributed by atoms with van der Waals surface area (Å²) in [6.45, 7) is 5.50. The van der Waals surface area contributed by atoms with Gasteiger partial charge in [0, 0.05) is 17.6 Å². The Hall–Kier alpha value is -3.57. The Morgan fingerprint density at radius 1 is 1.09 bits per heavy atom. The van der Waals surface area contributed by atoms with Crippen molar-refractivity contribution in [1.82, 2.24) is 9.78 Å². The highest BCUT2D eigenvalue weighted by atomic mass is 32.2. The lowest BCUT2D eigenvalue weighted by Crippen LogP contribution is -2.32. The second kappa shape index (κ2) is 9.51. The number of rotatable bonds is 7. The van der Waals surface area contributed by atoms with Crippen LogP contribution in [0.5, 0.6) is 0 Å². The summed E-state index contributed by atoms with van der Waals surface area (Å²) in [5, 5.41) is 12.4. The monoisotopic (exact) mass is 472 g/mol. The molecular weight excluding hydrogens is 448 g/mol. The molecule has 11 heteroatoms. The second-order valence-electron chi connectivity index (χ2n) is 7.88. The summed E-state index contributed by atoms with van der Waals surface area (Å²) in [5.74, 6) is -1.45. The molecule has 0 saturated heterocycles. The summed E-state index contributed by atoms with van der Waals surface area (Å²) in [7, 11) is -3.95. The lowest BCUT2D eigenvalue weighted by atomic mass is 10.1. The molecule has 174 valence electrons. The Morgan fingerprint density at radius 2 is 1.76 bits per heavy atom. The fourth-order valence-electron chi connectivity index (χ4n) is 3.12. The number of nitrogens with one attached hydrogen (secondary N) is 1. The first-order valence-electron chi connectivity index (χ1n) is 10.1. The molecule has 1 aromatic heterocycles. The van der Waals surface area contributed by atoms with Crippen molar-refractivity contribution in [3.05, 3.63) is 64.6 Å². The number of aromatic nitrogens is 2. The zero-order chi connectivity index (χ0) is 24.3. The van der Waals surface area contributed by atoms with Gasteiger partial charge in [0.05, 0.1) is 10.3 Å². The second-order valence-corrected chi connectivity index (χ2v) is 9.45. The number of anilines is 1. The van der Waals surface area contributed by atoms with E-state index in [1.54, 1.807) is 24.3 Å². The van der Waals surface area contributed by atoms with E-state index in [2.05, 4.69) is 10.4 Å². The van der Waals surface area contributed by atoms with Crippen molar-refractivity contribution >= 4 is 38.4 Å². The highest BCUT2D eigenvalue weighted by molar-refractivity contribution is 7.89. The zero-order valence-electron chi connectivity index (χ0n) is 18.3. The van der Waals surface area contributed by atoms with Gasteiger partial charge in [-0.1, -0.05) is 38.1 Å². The quantitative estimate of drug-likeness (QED) is 0.498. The SMILES string of the molecule is CC(C)Cn1nc(C(=O)OC(C)C(=O)Nc2cccc(S(N)(=O)=O)c2)c2ccccc2c1=O. The van der Waals surface area contributed by atoms with E-state index in [1.165, 1.54) is 35.9 Å². The van der Waals surface area contributed by atoms with Crippen LogP contribution in [-0.2, 0) is 26.1 Å². The summed E-state index contributed by atoms with van der Waals surface area (Å²) in [4.78, 5) is 37.9. The van der Waals surface area contributed by atoms with Crippen molar-refractivity contribution < 1.29 is 22.7 Å². The molecule has 3 N–H and O–H groups in total. The number of nitrogens with zero attached hydrogens (tertiary/aromatic N) is 2. The van der Waals surface area contributed by atoms with Gasteiger partial charge in [0.25, 0.3) is 11.5 Å². The Morgan fingerprint density at radius 3 is 2.39 bits per heavy atom. The first-order valence-corrected chi connectivity index (χ1v) is 11.7. The van der Waals surface area contributed by atoms with Gasteiger partial charge in [0.1, 0.15) is 0 Å². The highest BCUT2D eigenvalue weighted by Gasteiger charge is 2.24. The maximum atomic E-state index is 12.9. The number of carbonyl (C=O) groups excluding carboxylic acids is 2. The normalized spacial score (nSPS) is 12.5. The summed E-state index contributed by atoms with van der Waals surface area (Å²) in [6.07, 6.45) is -1.23. The van der Waals surface area contributed by atoms with Gasteiger partial charge in [-0.3, -0.25) is 9.59 Å². The molecule has 1 heterocycles. The molecule has 0 bridgehead atoms. The minimum atomic E-state index is -3.95. The Balaban J connectivity index is 1.84. The number of amides is 1. The molecule has 2 aromatic carbocycles. The molecule has 3 aromatic rings. The van der Waals surface area contributed by atoms with E-state index >= 15 is 0 Å². The predicted molar refractivity (Wildman–Crippen MR) is 122 cm³/mol. The lowest BCUT2D eigenvalue weighted by molar-refractivity contribution is -0.123. The molecule has 0 saturated carbocycles. The van der Waals surface area contributed by atoms with Gasteiger partial charge in [-0.2, -0.15) is 5.10 Å². The van der Waals surface area contributed by atoms with E-state index in [0.717, 1.165) is 0 Å². The Bertz CT molecular complexity index is 1380. The van der Waals surface area contributed by atoms with Gasteiger partial charge < -0.3 is 10.1 Å². The average molecular weight is 473 g/mol. The van der Waals surface area contributed by atoms with Crippen LogP contribution in [0.1, 0.15) is 31.3 Å². The van der Waals surface area contributed by atoms with Crippen LogP contribution in [-0.4, -0.2) is 36.2 Å². The minimum absolute atomic E-state index is 0.0817. The molecular formula is C22H24N4O6S. The van der Waals surface area contributed by atoms with E-state index in [9.17, 15) is 22.8 Å². The van der Waals surface area contributed by atoms with Crippen LogP contribution in [0.4, 0.5) is 5.69 Å². The summed E-state index contributed by atoms with van der Waals surface area (Å²) in [6, 6.07) is 11.9. The summed E-state index contributed by atoms with van der Waals surface area (Å²) in [5.41, 5.74) is -0.235. The van der Waals surface area contributed by atoms with Crippen molar-refractivity contribution in [3.63, 3.8) is 0 Å². The first kappa shape index (κ1) is 24.1. The number of hydrogen-bond donors (Lipinski definition) is 2. The van der Waals surface area contributed by atoms with Crippen molar-refractivity contribution in [2.24, 2.45) is 11.1 Å². The average Bonchev–Trinajstić information content (AvgIpc) is 2.75. The molecule has 0 fully saturated rings. The van der Waals surface area contributed by atoms with Crippen LogP contribution >= 0.6 is 0 Å². The van der Waals surface area contributed by atoms with E-state index in [-0.39, 0.29) is 27.8 Å². The molecule has 33 heavy (non-hydrogen) atoms. The Labute approximate surface area is 190 Å². The van der Waals surface area contributed by atoms with Gasteiger partial charge in [-0.05, 0) is 37.1 Å². The molecule has 0 aliphatic carbocycles. The number of ether oxygens (including phenoxy) is 1. The number of fused-ring (bicyclic) bond motifs is 1. The fraction of sp³-hybridized carbons (Fsp3) is 0.273. The molecule has 10 nitrogen and oxygen atoms in total. The van der Waals surface area contributed by atoms with E-state index in [4.69, 9.17) is 9.88 Å². The lowest BCUT2D eigenvalue weighted by Gasteiger charge is -2.15. The smallest absolute Gasteiger partial charge is 0.360 e. The third-order valence-electron chi connectivity index (χ3n) is 4.68. The molecule has 0 radical (unpaired) electrons. The van der Waals surface area contributed by atoms with E-state index in [0.29, 0.717) is 17.3 Å². The van der Waals surface area contributed by atoms with E-state index < -0.39 is 28.0 Å². The highest BCUT2D eigenvalue weighted by Crippen LogP contribution is 2.17. The first-order chi connectivity index (χ1) is 15.5. The van der Waals surface area contributed by atoms with Gasteiger partial charge >= 0.3 is 5.97 Å². The number of primary sulfonamides is 1. The van der Waals surface area contributed by atoms with Gasteiger partial charge in [0.15, 0.2) is 11.8 Å². The summed E-state index contributed by atoms with van der Waals surface area (Å²) >= 11 is 0. The maximum Gasteiger partial charge on any atom is 0.360 e. The van der Waals surface area contributed by atoms with Crippen LogP contribution in [0.2, 0.25) is 0 Å². The number of sulfonamides is 1. The number of nitrogens with two attached hydrogens (primary N) is 1. The molecule has 1 unspecified atom stereocenters. The van der Waals surface area contributed by atoms with Crippen molar-refractivity contribution in [1.29, 1.82) is 0 Å². The number of esters is 1. The summed E-state index contributed by atoms with van der Waals surface area (Å²) < 4.78 is 29.5. The number of hydrogen-bond acceptors (Lipinski definition) is 7. The van der Waals surface area contributed by atoms with Crippen molar-refractivity contribution in [2.45, 2.75) is 38.3 Å². The van der Waals surface area contributed by atoms with Gasteiger partial charge in [-0.15, -0.1) is 0 Å². The zero-order valence-corrected chi connectivity index (χ0v) is 19.1. The fourth-order valence-corrected chi connectivity index (χ4v) is 3.68. The molecule has 1 amide bonds. The number of carbonyl (C=O) groups is 2. The molecule has 0 spiro atoms. The molecule has 0 aliphatic heterocycles. The van der Waals surface area contributed by atoms with Gasteiger partial charge in [-0.25, -0.2) is 23.0 Å². The van der Waals surface area contributed by atoms with Crippen LogP contribution in [0.15, 0.2) is 58.2 Å². The van der Waals surface area contributed by atoms with Gasteiger partial charge in [0.2, 0.25) is 10.0 Å².